The Balaban J connectivity index is 2.22. The van der Waals surface area contributed by atoms with Crippen LogP contribution in [0.4, 0.5) is 18.0 Å². The molecule has 1 amide bonds. The Morgan fingerprint density at radius 2 is 2.04 bits per heavy atom. The standard InChI is InChI=1S/C14H16F3N5O4/c1-20(7-4-8-25-2)12(23)22-13(24)21(18-19-22)10-5-3-6-11(9-10)26-14(15,16)17/h3,5-6,9H,4,7-8H2,1-2H3. The van der Waals surface area contributed by atoms with Crippen LogP contribution in [0.25, 0.3) is 5.69 Å². The fourth-order valence-electron chi connectivity index (χ4n) is 2.04. The molecule has 0 atom stereocenters. The van der Waals surface area contributed by atoms with Crippen molar-refractivity contribution >= 4 is 6.03 Å². The van der Waals surface area contributed by atoms with Gasteiger partial charge in [-0.2, -0.15) is 4.68 Å². The summed E-state index contributed by atoms with van der Waals surface area (Å²) in [6.45, 7) is 0.756. The van der Waals surface area contributed by atoms with Crippen molar-refractivity contribution < 1.29 is 27.4 Å². The van der Waals surface area contributed by atoms with Crippen LogP contribution in [-0.4, -0.2) is 64.4 Å². The second-order valence-electron chi connectivity index (χ2n) is 5.18. The maximum Gasteiger partial charge on any atom is 0.573 e. The number of methoxy groups -OCH3 is 1. The van der Waals surface area contributed by atoms with Crippen molar-refractivity contribution in [2.24, 2.45) is 0 Å². The van der Waals surface area contributed by atoms with Crippen molar-refractivity contribution in [1.29, 1.82) is 0 Å². The zero-order chi connectivity index (χ0) is 19.3. The second kappa shape index (κ2) is 7.99. The Bertz CT molecular complexity index is 817. The van der Waals surface area contributed by atoms with Gasteiger partial charge in [0.05, 0.1) is 5.69 Å². The molecule has 0 fully saturated rings. The summed E-state index contributed by atoms with van der Waals surface area (Å²) in [4.78, 5) is 25.8. The maximum absolute atomic E-state index is 12.3. The molecule has 0 N–H and O–H groups in total. The molecular formula is C14H16F3N5O4. The van der Waals surface area contributed by atoms with E-state index < -0.39 is 23.8 Å². The van der Waals surface area contributed by atoms with Gasteiger partial charge in [-0.05, 0) is 29.0 Å². The van der Waals surface area contributed by atoms with E-state index in [0.717, 1.165) is 12.1 Å². The summed E-state index contributed by atoms with van der Waals surface area (Å²) in [5.74, 6) is -0.528. The van der Waals surface area contributed by atoms with Gasteiger partial charge in [0.2, 0.25) is 0 Å². The summed E-state index contributed by atoms with van der Waals surface area (Å²) in [5.41, 5.74) is -0.949. The number of hydrogen-bond donors (Lipinski definition) is 0. The molecule has 1 aromatic heterocycles. The number of tetrazole rings is 1. The summed E-state index contributed by atoms with van der Waals surface area (Å²) in [6.07, 6.45) is -4.32. The molecule has 0 spiro atoms. The van der Waals surface area contributed by atoms with Crippen molar-refractivity contribution in [2.45, 2.75) is 12.8 Å². The predicted molar refractivity (Wildman–Crippen MR) is 82.2 cm³/mol. The zero-order valence-electron chi connectivity index (χ0n) is 13.9. The lowest BCUT2D eigenvalue weighted by Crippen LogP contribution is -2.39. The van der Waals surface area contributed by atoms with Crippen LogP contribution >= 0.6 is 0 Å². The Labute approximate surface area is 145 Å². The minimum absolute atomic E-state index is 0.0298. The zero-order valence-corrected chi connectivity index (χ0v) is 13.9. The first-order valence-electron chi connectivity index (χ1n) is 7.38. The normalized spacial score (nSPS) is 11.4. The van der Waals surface area contributed by atoms with Crippen LogP contribution in [0.1, 0.15) is 6.42 Å². The molecule has 0 saturated heterocycles. The Hall–Kier alpha value is -2.89. The number of ether oxygens (including phenoxy) is 2. The SMILES string of the molecule is COCCCN(C)C(=O)n1nnn(-c2cccc(OC(F)(F)F)c2)c1=O. The molecule has 12 heteroatoms. The van der Waals surface area contributed by atoms with Gasteiger partial charge in [0.1, 0.15) is 5.75 Å². The van der Waals surface area contributed by atoms with Crippen molar-refractivity contribution in [3.05, 3.63) is 34.7 Å². The summed E-state index contributed by atoms with van der Waals surface area (Å²) in [6, 6.07) is 3.89. The van der Waals surface area contributed by atoms with Gasteiger partial charge in [-0.15, -0.1) is 17.9 Å². The summed E-state index contributed by atoms with van der Waals surface area (Å²) < 4.78 is 46.8. The smallest absolute Gasteiger partial charge is 0.406 e. The van der Waals surface area contributed by atoms with E-state index in [0.29, 0.717) is 28.9 Å². The van der Waals surface area contributed by atoms with Crippen molar-refractivity contribution in [3.8, 4) is 11.4 Å². The van der Waals surface area contributed by atoms with E-state index in [1.165, 1.54) is 31.2 Å². The number of amides is 1. The summed E-state index contributed by atoms with van der Waals surface area (Å²) in [7, 11) is 3.00. The monoisotopic (exact) mass is 375 g/mol. The minimum atomic E-state index is -4.87. The van der Waals surface area contributed by atoms with Gasteiger partial charge in [0.25, 0.3) is 0 Å². The van der Waals surface area contributed by atoms with E-state index in [1.807, 2.05) is 0 Å². The van der Waals surface area contributed by atoms with Crippen LogP contribution in [0.2, 0.25) is 0 Å². The fraction of sp³-hybridized carbons (Fsp3) is 0.429. The number of aromatic nitrogens is 4. The lowest BCUT2D eigenvalue weighted by molar-refractivity contribution is -0.274. The molecule has 0 aliphatic heterocycles. The second-order valence-corrected chi connectivity index (χ2v) is 5.18. The lowest BCUT2D eigenvalue weighted by Gasteiger charge is -2.14. The summed E-state index contributed by atoms with van der Waals surface area (Å²) >= 11 is 0. The molecule has 26 heavy (non-hydrogen) atoms. The van der Waals surface area contributed by atoms with E-state index in [4.69, 9.17) is 4.74 Å². The van der Waals surface area contributed by atoms with Gasteiger partial charge in [0.15, 0.2) is 0 Å². The average molecular weight is 375 g/mol. The van der Waals surface area contributed by atoms with Gasteiger partial charge in [-0.25, -0.2) is 9.59 Å². The van der Waals surface area contributed by atoms with E-state index in [1.54, 1.807) is 0 Å². The van der Waals surface area contributed by atoms with Crippen LogP contribution in [0.15, 0.2) is 29.1 Å². The first-order valence-corrected chi connectivity index (χ1v) is 7.38. The maximum atomic E-state index is 12.3. The van der Waals surface area contributed by atoms with Crippen LogP contribution in [-0.2, 0) is 4.74 Å². The molecule has 0 aliphatic carbocycles. The molecule has 0 bridgehead atoms. The number of carbonyl (C=O) groups excluding carboxylic acids is 1. The van der Waals surface area contributed by atoms with Gasteiger partial charge >= 0.3 is 18.1 Å². The number of carbonyl (C=O) groups is 1. The van der Waals surface area contributed by atoms with Crippen LogP contribution in [0.3, 0.4) is 0 Å². The number of benzene rings is 1. The van der Waals surface area contributed by atoms with Gasteiger partial charge < -0.3 is 14.4 Å². The van der Waals surface area contributed by atoms with E-state index >= 15 is 0 Å². The number of hydrogen-bond acceptors (Lipinski definition) is 6. The molecule has 0 unspecified atom stereocenters. The Morgan fingerprint density at radius 1 is 1.31 bits per heavy atom. The molecule has 1 aromatic carbocycles. The van der Waals surface area contributed by atoms with Gasteiger partial charge in [-0.1, -0.05) is 6.07 Å². The van der Waals surface area contributed by atoms with Gasteiger partial charge in [0, 0.05) is 33.4 Å². The first-order chi connectivity index (χ1) is 12.2. The molecule has 1 heterocycles. The number of rotatable bonds is 6. The molecule has 2 rings (SSSR count). The number of halogens is 3. The molecular weight excluding hydrogens is 359 g/mol. The first kappa shape index (κ1) is 19.4. The predicted octanol–water partition coefficient (Wildman–Crippen LogP) is 1.26. The average Bonchev–Trinajstić information content (AvgIpc) is 2.94. The van der Waals surface area contributed by atoms with Crippen molar-refractivity contribution in [1.82, 2.24) is 24.7 Å². The molecule has 2 aromatic rings. The third kappa shape index (κ3) is 4.81. The highest BCUT2D eigenvalue weighted by Gasteiger charge is 2.31. The molecule has 0 saturated carbocycles. The van der Waals surface area contributed by atoms with Crippen LogP contribution in [0, 0.1) is 0 Å². The highest BCUT2D eigenvalue weighted by molar-refractivity contribution is 5.75. The van der Waals surface area contributed by atoms with Crippen molar-refractivity contribution in [3.63, 3.8) is 0 Å². The lowest BCUT2D eigenvalue weighted by atomic mass is 10.3. The van der Waals surface area contributed by atoms with Gasteiger partial charge in [-0.3, -0.25) is 0 Å². The summed E-state index contributed by atoms with van der Waals surface area (Å²) in [5, 5.41) is 7.01. The van der Waals surface area contributed by atoms with E-state index in [2.05, 4.69) is 15.2 Å². The molecule has 9 nitrogen and oxygen atoms in total. The quantitative estimate of drug-likeness (QED) is 0.558. The number of alkyl halides is 3. The third-order valence-corrected chi connectivity index (χ3v) is 3.23. The van der Waals surface area contributed by atoms with E-state index in [9.17, 15) is 22.8 Å². The minimum Gasteiger partial charge on any atom is -0.406 e. The largest absolute Gasteiger partial charge is 0.573 e. The Kier molecular flexibility index (Phi) is 5.97. The fourth-order valence-corrected chi connectivity index (χ4v) is 2.04. The molecule has 0 aliphatic rings. The molecule has 0 radical (unpaired) electrons. The van der Waals surface area contributed by atoms with Crippen molar-refractivity contribution in [2.75, 3.05) is 27.3 Å². The van der Waals surface area contributed by atoms with Crippen LogP contribution < -0.4 is 10.4 Å². The highest BCUT2D eigenvalue weighted by Crippen LogP contribution is 2.23. The molecule has 142 valence electrons. The highest BCUT2D eigenvalue weighted by atomic mass is 19.4. The Morgan fingerprint density at radius 3 is 2.69 bits per heavy atom. The number of nitrogens with zero attached hydrogens (tertiary/aromatic N) is 5. The van der Waals surface area contributed by atoms with Crippen LogP contribution in [0.5, 0.6) is 5.75 Å². The van der Waals surface area contributed by atoms with E-state index in [-0.39, 0.29) is 5.69 Å². The topological polar surface area (TPSA) is 91.5 Å². The third-order valence-electron chi connectivity index (χ3n) is 3.23.